The highest BCUT2D eigenvalue weighted by atomic mass is 32.2. The van der Waals surface area contributed by atoms with Crippen molar-refractivity contribution in [2.75, 3.05) is 0 Å². The van der Waals surface area contributed by atoms with Gasteiger partial charge in [-0.15, -0.1) is 0 Å². The first-order chi connectivity index (χ1) is 12.7. The third-order valence-corrected chi connectivity index (χ3v) is 5.17. The molecule has 0 aromatic heterocycles. The number of rotatable bonds is 5. The predicted octanol–water partition coefficient (Wildman–Crippen LogP) is 4.91. The minimum Gasteiger partial charge on any atom is -0.253 e. The van der Waals surface area contributed by atoms with E-state index in [1.54, 1.807) is 19.1 Å². The molecule has 1 unspecified atom stereocenters. The number of benzene rings is 3. The van der Waals surface area contributed by atoms with Crippen molar-refractivity contribution >= 4 is 10.1 Å². The molecular weight excluding hydrogens is 377 g/mol. The second-order valence-electron chi connectivity index (χ2n) is 6.00. The molecule has 0 fully saturated rings. The van der Waals surface area contributed by atoms with Gasteiger partial charge in [0.2, 0.25) is 0 Å². The summed E-state index contributed by atoms with van der Waals surface area (Å²) in [6.07, 6.45) is -1.42. The maximum atomic E-state index is 13.7. The van der Waals surface area contributed by atoms with Crippen molar-refractivity contribution in [3.63, 3.8) is 0 Å². The third-order valence-electron chi connectivity index (χ3n) is 3.87. The van der Waals surface area contributed by atoms with Crippen LogP contribution in [0.3, 0.4) is 0 Å². The van der Waals surface area contributed by atoms with E-state index in [0.717, 1.165) is 23.8 Å². The SMILES string of the molecule is Cc1ccc(S(=O)(=O)OC(c2cccc(F)c2)c2cc(F)cc(F)c2)cc1. The Hall–Kier alpha value is -2.64. The van der Waals surface area contributed by atoms with Crippen molar-refractivity contribution < 1.29 is 25.8 Å². The van der Waals surface area contributed by atoms with Crippen LogP contribution in [0.5, 0.6) is 0 Å². The highest BCUT2D eigenvalue weighted by Crippen LogP contribution is 2.31. The highest BCUT2D eigenvalue weighted by Gasteiger charge is 2.26. The molecule has 27 heavy (non-hydrogen) atoms. The van der Waals surface area contributed by atoms with Crippen LogP contribution < -0.4 is 0 Å². The largest absolute Gasteiger partial charge is 0.297 e. The summed E-state index contributed by atoms with van der Waals surface area (Å²) in [6.45, 7) is 1.79. The van der Waals surface area contributed by atoms with Gasteiger partial charge in [-0.3, -0.25) is 4.18 Å². The Balaban J connectivity index is 2.08. The molecular formula is C20H15F3O3S. The molecule has 0 saturated heterocycles. The van der Waals surface area contributed by atoms with Crippen LogP contribution >= 0.6 is 0 Å². The molecule has 0 aliphatic rings. The average Bonchev–Trinajstić information content (AvgIpc) is 2.59. The van der Waals surface area contributed by atoms with Crippen LogP contribution in [0.15, 0.2) is 71.6 Å². The van der Waals surface area contributed by atoms with Crippen LogP contribution in [0, 0.1) is 24.4 Å². The van der Waals surface area contributed by atoms with Crippen LogP contribution in [0.4, 0.5) is 13.2 Å². The smallest absolute Gasteiger partial charge is 0.253 e. The van der Waals surface area contributed by atoms with Crippen molar-refractivity contribution in [1.29, 1.82) is 0 Å². The Morgan fingerprint density at radius 3 is 1.96 bits per heavy atom. The summed E-state index contributed by atoms with van der Waals surface area (Å²) in [5.74, 6) is -2.43. The van der Waals surface area contributed by atoms with Gasteiger partial charge < -0.3 is 0 Å². The summed E-state index contributed by atoms with van der Waals surface area (Å²) < 4.78 is 71.6. The van der Waals surface area contributed by atoms with E-state index in [9.17, 15) is 21.6 Å². The lowest BCUT2D eigenvalue weighted by molar-refractivity contribution is 0.251. The van der Waals surface area contributed by atoms with Crippen molar-refractivity contribution in [3.8, 4) is 0 Å². The standard InChI is InChI=1S/C20H15F3O3S/c1-13-5-7-19(8-6-13)27(24,25)26-20(14-3-2-4-16(21)9-14)15-10-17(22)12-18(23)11-15/h2-12,20H,1H3. The first-order valence-corrected chi connectivity index (χ1v) is 9.37. The van der Waals surface area contributed by atoms with Gasteiger partial charge in [-0.2, -0.15) is 8.42 Å². The fourth-order valence-corrected chi connectivity index (χ4v) is 3.64. The average molecular weight is 392 g/mol. The van der Waals surface area contributed by atoms with Gasteiger partial charge >= 0.3 is 0 Å². The van der Waals surface area contributed by atoms with E-state index < -0.39 is 33.7 Å². The molecule has 1 atom stereocenters. The molecule has 0 heterocycles. The van der Waals surface area contributed by atoms with Crippen LogP contribution in [0.2, 0.25) is 0 Å². The van der Waals surface area contributed by atoms with Crippen LogP contribution in [-0.4, -0.2) is 8.42 Å². The monoisotopic (exact) mass is 392 g/mol. The van der Waals surface area contributed by atoms with Gasteiger partial charge in [-0.1, -0.05) is 29.8 Å². The Labute approximate surface area is 155 Å². The number of halogens is 3. The maximum absolute atomic E-state index is 13.7. The van der Waals surface area contributed by atoms with Gasteiger partial charge in [0.05, 0.1) is 4.90 Å². The lowest BCUT2D eigenvalue weighted by atomic mass is 10.0. The molecule has 0 aliphatic carbocycles. The fourth-order valence-electron chi connectivity index (χ4n) is 2.59. The molecule has 3 rings (SSSR count). The Kier molecular flexibility index (Phi) is 5.34. The summed E-state index contributed by atoms with van der Waals surface area (Å²) >= 11 is 0. The van der Waals surface area contributed by atoms with Crippen LogP contribution in [0.1, 0.15) is 22.8 Å². The molecule has 0 spiro atoms. The van der Waals surface area contributed by atoms with Gasteiger partial charge in [0, 0.05) is 6.07 Å². The first kappa shape index (κ1) is 19.1. The second-order valence-corrected chi connectivity index (χ2v) is 7.57. The Bertz CT molecular complexity index is 1040. The van der Waals surface area contributed by atoms with Crippen molar-refractivity contribution in [2.45, 2.75) is 17.9 Å². The lowest BCUT2D eigenvalue weighted by Gasteiger charge is -2.19. The zero-order valence-electron chi connectivity index (χ0n) is 14.2. The van der Waals surface area contributed by atoms with Crippen molar-refractivity contribution in [3.05, 3.63) is 101 Å². The number of hydrogen-bond donors (Lipinski definition) is 0. The van der Waals surface area contributed by atoms with E-state index in [4.69, 9.17) is 4.18 Å². The second kappa shape index (κ2) is 7.54. The van der Waals surface area contributed by atoms with Crippen LogP contribution in [-0.2, 0) is 14.3 Å². The molecule has 3 nitrogen and oxygen atoms in total. The molecule has 140 valence electrons. The highest BCUT2D eigenvalue weighted by molar-refractivity contribution is 7.86. The minimum absolute atomic E-state index is 0.0891. The van der Waals surface area contributed by atoms with E-state index in [2.05, 4.69) is 0 Å². The Morgan fingerprint density at radius 2 is 1.37 bits per heavy atom. The van der Waals surface area contributed by atoms with E-state index in [-0.39, 0.29) is 16.0 Å². The normalized spacial score (nSPS) is 12.7. The molecule has 3 aromatic rings. The fraction of sp³-hybridized carbons (Fsp3) is 0.100. The zero-order valence-corrected chi connectivity index (χ0v) is 15.0. The Morgan fingerprint density at radius 1 is 0.778 bits per heavy atom. The number of aryl methyl sites for hydroxylation is 1. The summed E-state index contributed by atoms with van der Waals surface area (Å²) in [7, 11) is -4.28. The first-order valence-electron chi connectivity index (χ1n) is 7.96. The van der Waals surface area contributed by atoms with Gasteiger partial charge in [0.25, 0.3) is 10.1 Å². The molecule has 3 aromatic carbocycles. The molecule has 0 amide bonds. The lowest BCUT2D eigenvalue weighted by Crippen LogP contribution is -2.14. The van der Waals surface area contributed by atoms with E-state index >= 15 is 0 Å². The summed E-state index contributed by atoms with van der Waals surface area (Å²) in [6, 6.07) is 13.5. The van der Waals surface area contributed by atoms with E-state index in [1.807, 2.05) is 0 Å². The minimum atomic E-state index is -4.28. The molecule has 7 heteroatoms. The molecule has 0 saturated carbocycles. The summed E-state index contributed by atoms with van der Waals surface area (Å²) in [5.41, 5.74) is 0.868. The predicted molar refractivity (Wildman–Crippen MR) is 94.1 cm³/mol. The molecule has 0 bridgehead atoms. The summed E-state index contributed by atoms with van der Waals surface area (Å²) in [4.78, 5) is -0.119. The van der Waals surface area contributed by atoms with Crippen molar-refractivity contribution in [2.24, 2.45) is 0 Å². The summed E-state index contributed by atoms with van der Waals surface area (Å²) in [5, 5.41) is 0. The van der Waals surface area contributed by atoms with Gasteiger partial charge in [-0.25, -0.2) is 13.2 Å². The molecule has 0 N–H and O–H groups in total. The van der Waals surface area contributed by atoms with Crippen LogP contribution in [0.25, 0.3) is 0 Å². The topological polar surface area (TPSA) is 43.4 Å². The van der Waals surface area contributed by atoms with E-state index in [0.29, 0.717) is 6.07 Å². The third kappa shape index (κ3) is 4.56. The molecule has 0 radical (unpaired) electrons. The molecule has 0 aliphatic heterocycles. The maximum Gasteiger partial charge on any atom is 0.297 e. The quantitative estimate of drug-likeness (QED) is 0.580. The van der Waals surface area contributed by atoms with Gasteiger partial charge in [-0.05, 0) is 54.4 Å². The zero-order chi connectivity index (χ0) is 19.6. The van der Waals surface area contributed by atoms with E-state index in [1.165, 1.54) is 30.3 Å². The van der Waals surface area contributed by atoms with Crippen molar-refractivity contribution in [1.82, 2.24) is 0 Å². The number of hydrogen-bond acceptors (Lipinski definition) is 3. The van der Waals surface area contributed by atoms with Gasteiger partial charge in [0.15, 0.2) is 0 Å². The van der Waals surface area contributed by atoms with Gasteiger partial charge in [0.1, 0.15) is 23.6 Å².